The minimum Gasteiger partial charge on any atom is -0.475 e. The zero-order chi connectivity index (χ0) is 20.5. The number of sulfone groups is 1. The summed E-state index contributed by atoms with van der Waals surface area (Å²) in [5.41, 5.74) is 2.90. The number of ether oxygens (including phenoxy) is 1. The Bertz CT molecular complexity index is 773. The number of hydrogen-bond acceptors (Lipinski definition) is 7. The number of alkyl halides is 3. The molecule has 7 nitrogen and oxygen atoms in total. The standard InChI is InChI=1S/C13H20N2O3S2.C2HF3O2/c1-10-12(19-9-14-10)5-15-7-13(8-15)11(6-18-2)3-4-20(13,16)17;3-2(4,5)1(6)7/h9,11H,3-8H2,1-2H3;(H,6,7). The van der Waals surface area contributed by atoms with Gasteiger partial charge in [0.25, 0.3) is 0 Å². The number of carboxylic acid groups (broad SMARTS) is 1. The molecule has 1 unspecified atom stereocenters. The van der Waals surface area contributed by atoms with E-state index in [9.17, 15) is 21.6 Å². The Morgan fingerprint density at radius 2 is 2.07 bits per heavy atom. The number of carbonyl (C=O) groups is 1. The largest absolute Gasteiger partial charge is 0.490 e. The van der Waals surface area contributed by atoms with Gasteiger partial charge < -0.3 is 9.84 Å². The smallest absolute Gasteiger partial charge is 0.475 e. The molecule has 1 N–H and O–H groups in total. The minimum atomic E-state index is -5.08. The Hall–Kier alpha value is -1.24. The van der Waals surface area contributed by atoms with Crippen LogP contribution in [0.5, 0.6) is 0 Å². The van der Waals surface area contributed by atoms with Gasteiger partial charge in [0.1, 0.15) is 4.75 Å². The van der Waals surface area contributed by atoms with Gasteiger partial charge in [-0.15, -0.1) is 11.3 Å². The topological polar surface area (TPSA) is 96.8 Å². The van der Waals surface area contributed by atoms with E-state index in [4.69, 9.17) is 14.6 Å². The maximum absolute atomic E-state index is 12.4. The van der Waals surface area contributed by atoms with E-state index in [1.54, 1.807) is 18.4 Å². The van der Waals surface area contributed by atoms with Gasteiger partial charge in [-0.05, 0) is 13.3 Å². The second-order valence-electron chi connectivity index (χ2n) is 6.63. The summed E-state index contributed by atoms with van der Waals surface area (Å²) in [7, 11) is -1.33. The molecular weight excluding hydrogens is 409 g/mol. The van der Waals surface area contributed by atoms with Gasteiger partial charge in [0.15, 0.2) is 9.84 Å². The van der Waals surface area contributed by atoms with Crippen molar-refractivity contribution in [3.63, 3.8) is 0 Å². The molecule has 1 spiro atoms. The lowest BCUT2D eigenvalue weighted by atomic mass is 9.83. The maximum Gasteiger partial charge on any atom is 0.490 e. The molecule has 0 aliphatic carbocycles. The molecule has 2 aliphatic heterocycles. The van der Waals surface area contributed by atoms with Crippen molar-refractivity contribution in [2.24, 2.45) is 5.92 Å². The van der Waals surface area contributed by atoms with Crippen LogP contribution in [0, 0.1) is 12.8 Å². The van der Waals surface area contributed by atoms with E-state index in [1.165, 1.54) is 4.88 Å². The highest BCUT2D eigenvalue weighted by Crippen LogP contribution is 2.45. The minimum absolute atomic E-state index is 0.149. The van der Waals surface area contributed by atoms with Crippen molar-refractivity contribution in [2.45, 2.75) is 30.8 Å². The van der Waals surface area contributed by atoms with Crippen molar-refractivity contribution in [1.82, 2.24) is 9.88 Å². The van der Waals surface area contributed by atoms with Gasteiger partial charge >= 0.3 is 12.1 Å². The van der Waals surface area contributed by atoms with E-state index >= 15 is 0 Å². The number of hydrogen-bond donors (Lipinski definition) is 1. The van der Waals surface area contributed by atoms with E-state index < -0.39 is 26.7 Å². The van der Waals surface area contributed by atoms with Crippen LogP contribution in [0.3, 0.4) is 0 Å². The summed E-state index contributed by atoms with van der Waals surface area (Å²) in [5, 5.41) is 7.12. The van der Waals surface area contributed by atoms with E-state index in [0.717, 1.165) is 18.7 Å². The molecule has 12 heteroatoms. The quantitative estimate of drug-likeness (QED) is 0.777. The number of aliphatic carboxylic acids is 1. The lowest BCUT2D eigenvalue weighted by Gasteiger charge is -2.49. The number of aromatic nitrogens is 1. The van der Waals surface area contributed by atoms with Crippen molar-refractivity contribution in [3.05, 3.63) is 16.1 Å². The SMILES string of the molecule is COCC1CCS(=O)(=O)C12CN(Cc1scnc1C)C2.O=C(O)C(F)(F)F. The van der Waals surface area contributed by atoms with E-state index in [1.807, 2.05) is 12.4 Å². The Morgan fingerprint density at radius 3 is 2.52 bits per heavy atom. The van der Waals surface area contributed by atoms with Crippen molar-refractivity contribution in [3.8, 4) is 0 Å². The van der Waals surface area contributed by atoms with Crippen LogP contribution in [0.2, 0.25) is 0 Å². The molecule has 3 heterocycles. The molecule has 1 aromatic heterocycles. The van der Waals surface area contributed by atoms with Crippen molar-refractivity contribution in [2.75, 3.05) is 32.6 Å². The van der Waals surface area contributed by atoms with Crippen molar-refractivity contribution >= 4 is 27.1 Å². The van der Waals surface area contributed by atoms with E-state index in [0.29, 0.717) is 25.4 Å². The van der Waals surface area contributed by atoms with E-state index in [2.05, 4.69) is 9.88 Å². The fraction of sp³-hybridized carbons (Fsp3) is 0.733. The summed E-state index contributed by atoms with van der Waals surface area (Å²) in [6.45, 7) is 4.64. The Balaban J connectivity index is 0.000000321. The second kappa shape index (κ2) is 8.02. The Morgan fingerprint density at radius 1 is 1.48 bits per heavy atom. The molecule has 0 aromatic carbocycles. The molecule has 2 fully saturated rings. The van der Waals surface area contributed by atoms with Crippen LogP contribution in [0.4, 0.5) is 13.2 Å². The van der Waals surface area contributed by atoms with Gasteiger partial charge in [-0.3, -0.25) is 4.90 Å². The summed E-state index contributed by atoms with van der Waals surface area (Å²) in [6, 6.07) is 0. The fourth-order valence-corrected chi connectivity index (χ4v) is 6.68. The van der Waals surface area contributed by atoms with Gasteiger partial charge in [-0.1, -0.05) is 0 Å². The van der Waals surface area contributed by atoms with Crippen LogP contribution < -0.4 is 0 Å². The molecular formula is C15H21F3N2O5S2. The maximum atomic E-state index is 12.4. The Kier molecular flexibility index (Phi) is 6.55. The third-order valence-corrected chi connectivity index (χ3v) is 8.43. The van der Waals surface area contributed by atoms with Gasteiger partial charge in [0.05, 0.1) is 23.6 Å². The number of likely N-dealkylation sites (tertiary alicyclic amines) is 1. The molecule has 0 radical (unpaired) electrons. The lowest BCUT2D eigenvalue weighted by Crippen LogP contribution is -2.67. The molecule has 0 saturated carbocycles. The molecule has 2 aliphatic rings. The predicted molar refractivity (Wildman–Crippen MR) is 92.3 cm³/mol. The highest BCUT2D eigenvalue weighted by Gasteiger charge is 2.61. The van der Waals surface area contributed by atoms with Crippen LogP contribution in [-0.2, 0) is 25.9 Å². The average Bonchev–Trinajstić information content (AvgIpc) is 3.02. The first-order valence-electron chi connectivity index (χ1n) is 8.05. The molecule has 2 saturated heterocycles. The molecule has 3 rings (SSSR count). The van der Waals surface area contributed by atoms with Crippen LogP contribution in [0.1, 0.15) is 17.0 Å². The molecule has 0 bridgehead atoms. The fourth-order valence-electron chi connectivity index (χ4n) is 3.41. The molecule has 0 amide bonds. The number of aryl methyl sites for hydroxylation is 1. The summed E-state index contributed by atoms with van der Waals surface area (Å²) >= 11 is 1.64. The first-order chi connectivity index (χ1) is 12.4. The van der Waals surface area contributed by atoms with Crippen LogP contribution in [-0.4, -0.2) is 72.9 Å². The highest BCUT2D eigenvalue weighted by atomic mass is 32.2. The molecule has 154 valence electrons. The summed E-state index contributed by atoms with van der Waals surface area (Å²) in [6.07, 6.45) is -4.34. The highest BCUT2D eigenvalue weighted by molar-refractivity contribution is 7.93. The van der Waals surface area contributed by atoms with Crippen molar-refractivity contribution < 1.29 is 36.2 Å². The number of rotatable bonds is 4. The number of nitrogens with zero attached hydrogens (tertiary/aromatic N) is 2. The Labute approximate surface area is 159 Å². The van der Waals surface area contributed by atoms with Crippen molar-refractivity contribution in [1.29, 1.82) is 0 Å². The molecule has 27 heavy (non-hydrogen) atoms. The molecule has 1 aromatic rings. The van der Waals surface area contributed by atoms with Crippen LogP contribution >= 0.6 is 11.3 Å². The third-order valence-electron chi connectivity index (χ3n) is 4.90. The second-order valence-corrected chi connectivity index (χ2v) is 10.0. The van der Waals surface area contributed by atoms with Crippen LogP contribution in [0.25, 0.3) is 0 Å². The zero-order valence-electron chi connectivity index (χ0n) is 14.8. The first kappa shape index (κ1) is 22.1. The lowest BCUT2D eigenvalue weighted by molar-refractivity contribution is -0.192. The number of methoxy groups -OCH3 is 1. The normalized spacial score (nSPS) is 23.5. The first-order valence-corrected chi connectivity index (χ1v) is 10.6. The third kappa shape index (κ3) is 4.61. The van der Waals surface area contributed by atoms with E-state index in [-0.39, 0.29) is 5.92 Å². The zero-order valence-corrected chi connectivity index (χ0v) is 16.5. The summed E-state index contributed by atoms with van der Waals surface area (Å²) in [5.74, 6) is -2.29. The van der Waals surface area contributed by atoms with Gasteiger partial charge in [-0.2, -0.15) is 13.2 Å². The molecule has 1 atom stereocenters. The number of halogens is 3. The van der Waals surface area contributed by atoms with Gasteiger partial charge in [-0.25, -0.2) is 18.2 Å². The average molecular weight is 430 g/mol. The van der Waals surface area contributed by atoms with Crippen LogP contribution in [0.15, 0.2) is 5.51 Å². The summed E-state index contributed by atoms with van der Waals surface area (Å²) in [4.78, 5) is 16.6. The van der Waals surface area contributed by atoms with Gasteiger partial charge in [0, 0.05) is 37.5 Å². The summed E-state index contributed by atoms with van der Waals surface area (Å²) < 4.78 is 61.1. The number of carboxylic acids is 1. The predicted octanol–water partition coefficient (Wildman–Crippen LogP) is 1.72. The van der Waals surface area contributed by atoms with Gasteiger partial charge in [0.2, 0.25) is 0 Å². The number of thiazole rings is 1. The monoisotopic (exact) mass is 430 g/mol.